The van der Waals surface area contributed by atoms with Crippen LogP contribution in [0.2, 0.25) is 5.15 Å². The average molecular weight is 300 g/mol. The molecule has 1 fully saturated rings. The molecule has 1 aromatic rings. The van der Waals surface area contributed by atoms with Gasteiger partial charge in [0, 0.05) is 12.1 Å². The number of thioether (sulfide) groups is 1. The van der Waals surface area contributed by atoms with Crippen molar-refractivity contribution in [1.29, 1.82) is 0 Å². The topological polar surface area (TPSA) is 37.8 Å². The summed E-state index contributed by atoms with van der Waals surface area (Å²) in [6, 6.07) is 2.33. The van der Waals surface area contributed by atoms with Crippen LogP contribution in [0.25, 0.3) is 0 Å². The fourth-order valence-corrected chi connectivity index (χ4v) is 3.45. The largest absolute Gasteiger partial charge is 0.367 e. The maximum atomic E-state index is 6.04. The molecule has 0 spiro atoms. The summed E-state index contributed by atoms with van der Waals surface area (Å²) >= 11 is 7.56. The second-order valence-electron chi connectivity index (χ2n) is 5.12. The Labute approximate surface area is 124 Å². The molecule has 0 saturated heterocycles. The molecule has 2 rings (SSSR count). The first-order valence-electron chi connectivity index (χ1n) is 7.08. The van der Waals surface area contributed by atoms with Gasteiger partial charge in [0.1, 0.15) is 11.0 Å². The Morgan fingerprint density at radius 2 is 2.11 bits per heavy atom. The van der Waals surface area contributed by atoms with Gasteiger partial charge in [0.05, 0.1) is 0 Å². The van der Waals surface area contributed by atoms with Crippen molar-refractivity contribution in [2.24, 2.45) is 5.92 Å². The van der Waals surface area contributed by atoms with Gasteiger partial charge in [-0.15, -0.1) is 0 Å². The third-order valence-electron chi connectivity index (χ3n) is 3.85. The molecular weight excluding hydrogens is 278 g/mol. The van der Waals surface area contributed by atoms with E-state index >= 15 is 0 Å². The minimum Gasteiger partial charge on any atom is -0.367 e. The van der Waals surface area contributed by atoms with E-state index in [4.69, 9.17) is 11.6 Å². The van der Waals surface area contributed by atoms with Crippen LogP contribution in [-0.2, 0) is 0 Å². The Balaban J connectivity index is 2.06. The van der Waals surface area contributed by atoms with Crippen LogP contribution in [0, 0.1) is 5.92 Å². The maximum Gasteiger partial charge on any atom is 0.190 e. The van der Waals surface area contributed by atoms with Crippen LogP contribution in [-0.4, -0.2) is 22.3 Å². The molecular formula is C14H22ClN3S. The second kappa shape index (κ2) is 7.34. The smallest absolute Gasteiger partial charge is 0.190 e. The van der Waals surface area contributed by atoms with Gasteiger partial charge in [-0.05, 0) is 31.4 Å². The van der Waals surface area contributed by atoms with Crippen LogP contribution in [0.4, 0.5) is 5.82 Å². The van der Waals surface area contributed by atoms with E-state index in [1.165, 1.54) is 43.9 Å². The predicted molar refractivity (Wildman–Crippen MR) is 83.1 cm³/mol. The van der Waals surface area contributed by atoms with E-state index < -0.39 is 0 Å². The van der Waals surface area contributed by atoms with Crippen molar-refractivity contribution in [2.45, 2.75) is 56.6 Å². The summed E-state index contributed by atoms with van der Waals surface area (Å²) in [5, 5.41) is 4.81. The molecule has 3 nitrogen and oxygen atoms in total. The molecule has 1 atom stereocenters. The molecule has 1 aliphatic carbocycles. The molecule has 1 aliphatic rings. The lowest BCUT2D eigenvalue weighted by Crippen LogP contribution is -2.30. The van der Waals surface area contributed by atoms with Crippen molar-refractivity contribution < 1.29 is 0 Å². The van der Waals surface area contributed by atoms with Gasteiger partial charge in [0.15, 0.2) is 5.16 Å². The van der Waals surface area contributed by atoms with Gasteiger partial charge in [0.2, 0.25) is 0 Å². The van der Waals surface area contributed by atoms with Gasteiger partial charge < -0.3 is 5.32 Å². The zero-order chi connectivity index (χ0) is 13.7. The number of hydrogen-bond acceptors (Lipinski definition) is 4. The Bertz CT molecular complexity index is 408. The van der Waals surface area contributed by atoms with E-state index in [0.717, 1.165) is 23.3 Å². The van der Waals surface area contributed by atoms with E-state index in [-0.39, 0.29) is 0 Å². The fourth-order valence-electron chi connectivity index (χ4n) is 2.84. The Hall–Kier alpha value is -0.480. The lowest BCUT2D eigenvalue weighted by Gasteiger charge is -2.30. The quantitative estimate of drug-likeness (QED) is 0.489. The van der Waals surface area contributed by atoms with Gasteiger partial charge in [-0.25, -0.2) is 9.97 Å². The van der Waals surface area contributed by atoms with Crippen molar-refractivity contribution in [3.8, 4) is 0 Å². The zero-order valence-electron chi connectivity index (χ0n) is 11.7. The summed E-state index contributed by atoms with van der Waals surface area (Å²) in [6.45, 7) is 2.24. The van der Waals surface area contributed by atoms with Crippen molar-refractivity contribution in [3.63, 3.8) is 0 Å². The number of rotatable bonds is 5. The zero-order valence-corrected chi connectivity index (χ0v) is 13.2. The number of nitrogens with one attached hydrogen (secondary N) is 1. The molecule has 0 radical (unpaired) electrons. The molecule has 106 valence electrons. The maximum absolute atomic E-state index is 6.04. The Kier molecular flexibility index (Phi) is 5.76. The third-order valence-corrected chi connectivity index (χ3v) is 4.59. The summed E-state index contributed by atoms with van der Waals surface area (Å²) in [5.74, 6) is 1.63. The van der Waals surface area contributed by atoms with E-state index in [2.05, 4.69) is 22.2 Å². The van der Waals surface area contributed by atoms with Crippen LogP contribution < -0.4 is 5.32 Å². The number of halogens is 1. The molecule has 19 heavy (non-hydrogen) atoms. The highest BCUT2D eigenvalue weighted by Gasteiger charge is 2.22. The summed E-state index contributed by atoms with van der Waals surface area (Å²) in [4.78, 5) is 8.67. The normalized spacial score (nSPS) is 18.3. The minimum absolute atomic E-state index is 0.501. The van der Waals surface area contributed by atoms with Crippen molar-refractivity contribution >= 4 is 29.2 Å². The molecule has 1 saturated carbocycles. The summed E-state index contributed by atoms with van der Waals surface area (Å²) in [6.07, 6.45) is 9.88. The highest BCUT2D eigenvalue weighted by atomic mass is 35.5. The average Bonchev–Trinajstić information content (AvgIpc) is 2.45. The van der Waals surface area contributed by atoms with E-state index in [0.29, 0.717) is 11.2 Å². The van der Waals surface area contributed by atoms with Crippen LogP contribution >= 0.6 is 23.4 Å². The summed E-state index contributed by atoms with van der Waals surface area (Å²) in [5.41, 5.74) is 0. The molecule has 0 amide bonds. The first-order chi connectivity index (χ1) is 9.22. The molecule has 1 N–H and O–H groups in total. The molecule has 1 heterocycles. The van der Waals surface area contributed by atoms with E-state index in [9.17, 15) is 0 Å². The molecule has 5 heteroatoms. The highest BCUT2D eigenvalue weighted by molar-refractivity contribution is 7.98. The number of nitrogens with zero attached hydrogens (tertiary/aromatic N) is 2. The van der Waals surface area contributed by atoms with Gasteiger partial charge in [-0.1, -0.05) is 49.5 Å². The predicted octanol–water partition coefficient (Wildman–Crippen LogP) is 4.62. The van der Waals surface area contributed by atoms with Crippen LogP contribution in [0.15, 0.2) is 11.2 Å². The number of hydrogen-bond donors (Lipinski definition) is 1. The summed E-state index contributed by atoms with van der Waals surface area (Å²) in [7, 11) is 0. The highest BCUT2D eigenvalue weighted by Crippen LogP contribution is 2.29. The molecule has 0 aromatic carbocycles. The first kappa shape index (κ1) is 14.9. The van der Waals surface area contributed by atoms with Gasteiger partial charge >= 0.3 is 0 Å². The summed E-state index contributed by atoms with van der Waals surface area (Å²) < 4.78 is 0. The third kappa shape index (κ3) is 4.25. The molecule has 0 aliphatic heterocycles. The lowest BCUT2D eigenvalue weighted by molar-refractivity contribution is 0.312. The van der Waals surface area contributed by atoms with Gasteiger partial charge in [-0.2, -0.15) is 0 Å². The molecule has 1 unspecified atom stereocenters. The van der Waals surface area contributed by atoms with Gasteiger partial charge in [0.25, 0.3) is 0 Å². The van der Waals surface area contributed by atoms with Crippen molar-refractivity contribution in [1.82, 2.24) is 9.97 Å². The van der Waals surface area contributed by atoms with E-state index in [1.54, 1.807) is 0 Å². The van der Waals surface area contributed by atoms with Crippen LogP contribution in [0.3, 0.4) is 0 Å². The monoisotopic (exact) mass is 299 g/mol. The second-order valence-corrected chi connectivity index (χ2v) is 6.28. The number of anilines is 1. The SMILES string of the molecule is CCC(Nc1cc(Cl)nc(SC)n1)C1CCCCC1. The van der Waals surface area contributed by atoms with Crippen molar-refractivity contribution in [2.75, 3.05) is 11.6 Å². The molecule has 1 aromatic heterocycles. The standard InChI is InChI=1S/C14H22ClN3S/c1-3-11(10-7-5-4-6-8-10)16-13-9-12(15)17-14(18-13)19-2/h9-11H,3-8H2,1-2H3,(H,16,17,18). The fraction of sp³-hybridized carbons (Fsp3) is 0.714. The number of aromatic nitrogens is 2. The lowest BCUT2D eigenvalue weighted by atomic mass is 9.83. The van der Waals surface area contributed by atoms with Crippen LogP contribution in [0.5, 0.6) is 0 Å². The Morgan fingerprint density at radius 3 is 2.74 bits per heavy atom. The minimum atomic E-state index is 0.501. The first-order valence-corrected chi connectivity index (χ1v) is 8.68. The van der Waals surface area contributed by atoms with Gasteiger partial charge in [-0.3, -0.25) is 0 Å². The van der Waals surface area contributed by atoms with Crippen molar-refractivity contribution in [3.05, 3.63) is 11.2 Å². The van der Waals surface area contributed by atoms with Crippen LogP contribution in [0.1, 0.15) is 45.4 Å². The Morgan fingerprint density at radius 1 is 1.37 bits per heavy atom. The molecule has 0 bridgehead atoms. The van der Waals surface area contributed by atoms with E-state index in [1.807, 2.05) is 12.3 Å².